The van der Waals surface area contributed by atoms with Crippen LogP contribution >= 0.6 is 0 Å². The van der Waals surface area contributed by atoms with E-state index in [2.05, 4.69) is 0 Å². The fraction of sp³-hybridized carbons (Fsp3) is 1.00. The van der Waals surface area contributed by atoms with Crippen LogP contribution in [0.4, 0.5) is 8.78 Å². The van der Waals surface area contributed by atoms with Crippen molar-refractivity contribution in [1.29, 1.82) is 0 Å². The van der Waals surface area contributed by atoms with Crippen molar-refractivity contribution >= 4 is 0 Å². The second kappa shape index (κ2) is 5.36. The average molecular weight is 186 g/mol. The highest BCUT2D eigenvalue weighted by molar-refractivity contribution is 4.79. The molecule has 0 fully saturated rings. The zero-order valence-corrected chi connectivity index (χ0v) is 6.27. The van der Waals surface area contributed by atoms with E-state index in [-0.39, 0.29) is 0 Å². The lowest BCUT2D eigenvalue weighted by atomic mass is 10.0. The monoisotopic (exact) mass is 186 g/mol. The molecule has 0 saturated heterocycles. The summed E-state index contributed by atoms with van der Waals surface area (Å²) in [6, 6.07) is 0. The second-order valence-corrected chi connectivity index (χ2v) is 2.42. The molecular formula is C6H12F2O4. The Morgan fingerprint density at radius 3 is 1.17 bits per heavy atom. The molecule has 0 aromatic rings. The van der Waals surface area contributed by atoms with Crippen molar-refractivity contribution in [3.8, 4) is 0 Å². The topological polar surface area (TPSA) is 80.9 Å². The van der Waals surface area contributed by atoms with Crippen molar-refractivity contribution in [3.05, 3.63) is 0 Å². The van der Waals surface area contributed by atoms with E-state index in [4.69, 9.17) is 20.4 Å². The molecule has 4 N–H and O–H groups in total. The summed E-state index contributed by atoms with van der Waals surface area (Å²) in [5.41, 5.74) is 0. The summed E-state index contributed by atoms with van der Waals surface area (Å²) in [4.78, 5) is 0. The molecular weight excluding hydrogens is 174 g/mol. The first kappa shape index (κ1) is 11.7. The summed E-state index contributed by atoms with van der Waals surface area (Å²) in [6.45, 7) is -2.53. The van der Waals surface area contributed by atoms with Crippen LogP contribution in [0.15, 0.2) is 0 Å². The first-order valence-corrected chi connectivity index (χ1v) is 3.38. The molecule has 0 aliphatic carbocycles. The Bertz CT molecular complexity index is 110. The summed E-state index contributed by atoms with van der Waals surface area (Å²) >= 11 is 0. The first-order valence-electron chi connectivity index (χ1n) is 3.38. The number of hydrogen-bond acceptors (Lipinski definition) is 4. The van der Waals surface area contributed by atoms with Gasteiger partial charge in [0.2, 0.25) is 0 Å². The van der Waals surface area contributed by atoms with Crippen molar-refractivity contribution in [2.75, 3.05) is 13.3 Å². The van der Waals surface area contributed by atoms with Gasteiger partial charge in [-0.25, -0.2) is 8.78 Å². The van der Waals surface area contributed by atoms with Gasteiger partial charge in [0.1, 0.15) is 37.8 Å². The number of alkyl halides is 2. The van der Waals surface area contributed by atoms with Crippen LogP contribution in [0.2, 0.25) is 0 Å². The van der Waals surface area contributed by atoms with Crippen molar-refractivity contribution < 1.29 is 29.2 Å². The van der Waals surface area contributed by atoms with Gasteiger partial charge >= 0.3 is 0 Å². The maximum atomic E-state index is 11.7. The lowest BCUT2D eigenvalue weighted by molar-refractivity contribution is -0.112. The Balaban J connectivity index is 3.99. The zero-order chi connectivity index (χ0) is 9.72. The predicted octanol–water partition coefficient (Wildman–Crippen LogP) is -1.63. The van der Waals surface area contributed by atoms with Crippen LogP contribution < -0.4 is 0 Å². The lowest BCUT2D eigenvalue weighted by Gasteiger charge is -2.23. The van der Waals surface area contributed by atoms with Gasteiger partial charge in [0, 0.05) is 0 Å². The molecule has 0 heterocycles. The highest BCUT2D eigenvalue weighted by Crippen LogP contribution is 2.05. The molecule has 0 aromatic heterocycles. The normalized spacial score (nSPS) is 21.5. The Hall–Kier alpha value is -0.300. The number of aliphatic hydroxyl groups excluding tert-OH is 4. The maximum absolute atomic E-state index is 11.7. The number of aliphatic hydroxyl groups is 4. The third-order valence-corrected chi connectivity index (χ3v) is 1.45. The third kappa shape index (κ3) is 2.98. The molecule has 4 atom stereocenters. The highest BCUT2D eigenvalue weighted by atomic mass is 19.1. The van der Waals surface area contributed by atoms with E-state index in [9.17, 15) is 8.78 Å². The predicted molar refractivity (Wildman–Crippen MR) is 36.0 cm³/mol. The quantitative estimate of drug-likeness (QED) is 0.415. The van der Waals surface area contributed by atoms with Gasteiger partial charge < -0.3 is 20.4 Å². The minimum absolute atomic E-state index is 1.27. The summed E-state index contributed by atoms with van der Waals surface area (Å²) in [5.74, 6) is 0. The lowest BCUT2D eigenvalue weighted by Crippen LogP contribution is -2.46. The standard InChI is InChI=1S/C6H12F2O4/c7-1-3(9)5(11)6(12)4(10)2-8/h3-6,9-12H,1-2H2/t3-,4+,5-,6+. The van der Waals surface area contributed by atoms with Gasteiger partial charge in [-0.2, -0.15) is 0 Å². The molecule has 6 heteroatoms. The van der Waals surface area contributed by atoms with Crippen molar-refractivity contribution in [2.24, 2.45) is 0 Å². The summed E-state index contributed by atoms with van der Waals surface area (Å²) < 4.78 is 23.3. The molecule has 0 bridgehead atoms. The molecule has 0 spiro atoms. The molecule has 0 unspecified atom stereocenters. The molecule has 0 amide bonds. The molecule has 12 heavy (non-hydrogen) atoms. The molecule has 0 rings (SSSR count). The fourth-order valence-corrected chi connectivity index (χ4v) is 0.638. The summed E-state index contributed by atoms with van der Waals surface area (Å²) in [5, 5.41) is 34.9. The van der Waals surface area contributed by atoms with Gasteiger partial charge in [-0.15, -0.1) is 0 Å². The first-order chi connectivity index (χ1) is 5.54. The van der Waals surface area contributed by atoms with Crippen molar-refractivity contribution in [3.63, 3.8) is 0 Å². The second-order valence-electron chi connectivity index (χ2n) is 2.42. The van der Waals surface area contributed by atoms with E-state index in [1.807, 2.05) is 0 Å². The van der Waals surface area contributed by atoms with E-state index in [1.165, 1.54) is 0 Å². The van der Waals surface area contributed by atoms with Gasteiger partial charge in [0.05, 0.1) is 0 Å². The minimum atomic E-state index is -1.87. The number of hydrogen-bond donors (Lipinski definition) is 4. The van der Waals surface area contributed by atoms with Crippen LogP contribution in [0, 0.1) is 0 Å². The average Bonchev–Trinajstić information content (AvgIpc) is 2.12. The van der Waals surface area contributed by atoms with E-state index >= 15 is 0 Å². The number of rotatable bonds is 5. The van der Waals surface area contributed by atoms with Crippen LogP contribution in [0.25, 0.3) is 0 Å². The maximum Gasteiger partial charge on any atom is 0.118 e. The fourth-order valence-electron chi connectivity index (χ4n) is 0.638. The van der Waals surface area contributed by atoms with Crippen LogP contribution in [0.3, 0.4) is 0 Å². The SMILES string of the molecule is O[C@H]([C@H](O)[C@H](O)CF)[C@@H](O)CF. The number of halogens is 2. The smallest absolute Gasteiger partial charge is 0.118 e. The van der Waals surface area contributed by atoms with Crippen molar-refractivity contribution in [1.82, 2.24) is 0 Å². The third-order valence-electron chi connectivity index (χ3n) is 1.45. The van der Waals surface area contributed by atoms with Gasteiger partial charge in [0.15, 0.2) is 0 Å². The van der Waals surface area contributed by atoms with E-state index in [0.29, 0.717) is 0 Å². The largest absolute Gasteiger partial charge is 0.388 e. The Morgan fingerprint density at radius 2 is 1.00 bits per heavy atom. The van der Waals surface area contributed by atoms with Gasteiger partial charge in [-0.05, 0) is 0 Å². The molecule has 0 aromatic carbocycles. The van der Waals surface area contributed by atoms with E-state index < -0.39 is 37.8 Å². The Morgan fingerprint density at radius 1 is 0.750 bits per heavy atom. The molecule has 0 radical (unpaired) electrons. The van der Waals surface area contributed by atoms with E-state index in [0.717, 1.165) is 0 Å². The Labute approximate surface area is 68.1 Å². The van der Waals surface area contributed by atoms with Gasteiger partial charge in [-0.3, -0.25) is 0 Å². The van der Waals surface area contributed by atoms with Crippen LogP contribution in [0.5, 0.6) is 0 Å². The summed E-state index contributed by atoms with van der Waals surface area (Å²) in [6.07, 6.45) is -7.36. The van der Waals surface area contributed by atoms with Crippen molar-refractivity contribution in [2.45, 2.75) is 24.4 Å². The molecule has 0 aliphatic heterocycles. The zero-order valence-electron chi connectivity index (χ0n) is 6.27. The Kier molecular flexibility index (Phi) is 5.23. The van der Waals surface area contributed by atoms with Gasteiger partial charge in [0.25, 0.3) is 0 Å². The van der Waals surface area contributed by atoms with Crippen LogP contribution in [-0.4, -0.2) is 58.2 Å². The molecule has 4 nitrogen and oxygen atoms in total. The summed E-state index contributed by atoms with van der Waals surface area (Å²) in [7, 11) is 0. The highest BCUT2D eigenvalue weighted by Gasteiger charge is 2.30. The van der Waals surface area contributed by atoms with E-state index in [1.54, 1.807) is 0 Å². The van der Waals surface area contributed by atoms with Gasteiger partial charge in [-0.1, -0.05) is 0 Å². The molecule has 0 aliphatic rings. The van der Waals surface area contributed by atoms with Crippen LogP contribution in [-0.2, 0) is 0 Å². The van der Waals surface area contributed by atoms with Crippen LogP contribution in [0.1, 0.15) is 0 Å². The minimum Gasteiger partial charge on any atom is -0.388 e. The molecule has 74 valence electrons. The molecule has 0 saturated carbocycles.